The molecule has 150 valence electrons. The second-order valence-electron chi connectivity index (χ2n) is 6.74. The second-order valence-corrected chi connectivity index (χ2v) is 6.74. The van der Waals surface area contributed by atoms with Gasteiger partial charge in [-0.3, -0.25) is 9.59 Å². The molecule has 2 aromatic rings. The lowest BCUT2D eigenvalue weighted by Crippen LogP contribution is -2.40. The summed E-state index contributed by atoms with van der Waals surface area (Å²) in [6.07, 6.45) is 0.649. The summed E-state index contributed by atoms with van der Waals surface area (Å²) < 4.78 is 10.5. The van der Waals surface area contributed by atoms with Crippen molar-refractivity contribution in [1.29, 1.82) is 0 Å². The second kappa shape index (κ2) is 9.78. The number of benzene rings is 2. The molecule has 0 bridgehead atoms. The lowest BCUT2D eigenvalue weighted by Gasteiger charge is -2.21. The molecule has 1 N–H and O–H groups in total. The maximum atomic E-state index is 12.4. The Labute approximate surface area is 166 Å². The van der Waals surface area contributed by atoms with E-state index < -0.39 is 0 Å². The van der Waals surface area contributed by atoms with E-state index in [-0.39, 0.29) is 18.4 Å². The maximum absolute atomic E-state index is 12.4. The van der Waals surface area contributed by atoms with Crippen LogP contribution in [0.5, 0.6) is 11.5 Å². The number of anilines is 1. The van der Waals surface area contributed by atoms with Crippen molar-refractivity contribution in [1.82, 2.24) is 5.32 Å². The van der Waals surface area contributed by atoms with E-state index in [4.69, 9.17) is 9.47 Å². The molecule has 0 atom stereocenters. The average molecular weight is 384 g/mol. The minimum Gasteiger partial charge on any atom is -0.493 e. The minimum absolute atomic E-state index is 0.00976. The lowest BCUT2D eigenvalue weighted by molar-refractivity contribution is -0.123. The number of hydrogen-bond acceptors (Lipinski definition) is 4. The summed E-state index contributed by atoms with van der Waals surface area (Å²) in [6.45, 7) is 5.86. The molecule has 0 radical (unpaired) electrons. The van der Waals surface area contributed by atoms with Gasteiger partial charge in [0.2, 0.25) is 11.8 Å². The zero-order chi connectivity index (χ0) is 20.7. The van der Waals surface area contributed by atoms with Crippen molar-refractivity contribution in [2.75, 3.05) is 32.2 Å². The molecular weight excluding hydrogens is 356 g/mol. The van der Waals surface area contributed by atoms with Gasteiger partial charge in [-0.05, 0) is 61.2 Å². The topological polar surface area (TPSA) is 67.9 Å². The molecule has 0 unspecified atom stereocenters. The maximum Gasteiger partial charge on any atom is 0.240 e. The smallest absolute Gasteiger partial charge is 0.240 e. The van der Waals surface area contributed by atoms with Crippen LogP contribution in [0.3, 0.4) is 0 Å². The Balaban J connectivity index is 1.96. The van der Waals surface area contributed by atoms with Gasteiger partial charge in [-0.1, -0.05) is 12.1 Å². The summed E-state index contributed by atoms with van der Waals surface area (Å²) >= 11 is 0. The summed E-state index contributed by atoms with van der Waals surface area (Å²) in [5, 5.41) is 2.88. The van der Waals surface area contributed by atoms with Gasteiger partial charge in [0.05, 0.1) is 14.2 Å². The molecule has 0 aliphatic heterocycles. The molecule has 0 fully saturated rings. The van der Waals surface area contributed by atoms with Crippen molar-refractivity contribution in [3.8, 4) is 11.5 Å². The van der Waals surface area contributed by atoms with E-state index in [1.54, 1.807) is 14.2 Å². The Kier molecular flexibility index (Phi) is 7.44. The predicted molar refractivity (Wildman–Crippen MR) is 110 cm³/mol. The van der Waals surface area contributed by atoms with Gasteiger partial charge in [-0.25, -0.2) is 0 Å². The van der Waals surface area contributed by atoms with E-state index >= 15 is 0 Å². The SMILES string of the molecule is COc1ccc(CCNC(=O)CN(C(C)=O)c2cc(C)cc(C)c2)cc1OC. The highest BCUT2D eigenvalue weighted by atomic mass is 16.5. The van der Waals surface area contributed by atoms with Gasteiger partial charge >= 0.3 is 0 Å². The van der Waals surface area contributed by atoms with E-state index in [0.29, 0.717) is 24.5 Å². The molecule has 0 spiro atoms. The van der Waals surface area contributed by atoms with Crippen LogP contribution in [0.2, 0.25) is 0 Å². The Morgan fingerprint density at radius 3 is 2.18 bits per heavy atom. The van der Waals surface area contributed by atoms with Crippen LogP contribution in [-0.4, -0.2) is 39.1 Å². The quantitative estimate of drug-likeness (QED) is 0.760. The number of nitrogens with zero attached hydrogens (tertiary/aromatic N) is 1. The van der Waals surface area contributed by atoms with Gasteiger partial charge in [0.25, 0.3) is 0 Å². The van der Waals surface area contributed by atoms with Crippen LogP contribution in [0.4, 0.5) is 5.69 Å². The molecule has 0 aliphatic carbocycles. The normalized spacial score (nSPS) is 10.3. The Morgan fingerprint density at radius 1 is 0.964 bits per heavy atom. The Bertz CT molecular complexity index is 828. The van der Waals surface area contributed by atoms with Crippen LogP contribution in [-0.2, 0) is 16.0 Å². The fourth-order valence-electron chi connectivity index (χ4n) is 3.07. The van der Waals surface area contributed by atoms with Gasteiger partial charge < -0.3 is 19.7 Å². The third-order valence-corrected chi connectivity index (χ3v) is 4.38. The molecule has 2 aromatic carbocycles. The molecule has 0 aliphatic rings. The molecule has 0 aromatic heterocycles. The summed E-state index contributed by atoms with van der Waals surface area (Å²) in [4.78, 5) is 25.9. The Morgan fingerprint density at radius 2 is 1.61 bits per heavy atom. The van der Waals surface area contributed by atoms with E-state index in [1.165, 1.54) is 11.8 Å². The van der Waals surface area contributed by atoms with Crippen LogP contribution in [0, 0.1) is 13.8 Å². The number of nitrogens with one attached hydrogen (secondary N) is 1. The number of rotatable bonds is 8. The summed E-state index contributed by atoms with van der Waals surface area (Å²) in [7, 11) is 3.18. The van der Waals surface area contributed by atoms with Gasteiger partial charge in [0, 0.05) is 19.2 Å². The van der Waals surface area contributed by atoms with E-state index in [1.807, 2.05) is 50.2 Å². The zero-order valence-corrected chi connectivity index (χ0v) is 17.2. The van der Waals surface area contributed by atoms with Crippen LogP contribution in [0.15, 0.2) is 36.4 Å². The van der Waals surface area contributed by atoms with Crippen molar-refractivity contribution in [3.63, 3.8) is 0 Å². The first-order chi connectivity index (χ1) is 13.3. The summed E-state index contributed by atoms with van der Waals surface area (Å²) in [5.41, 5.74) is 3.86. The Hall–Kier alpha value is -3.02. The molecule has 0 saturated carbocycles. The van der Waals surface area contributed by atoms with E-state index in [9.17, 15) is 9.59 Å². The number of aryl methyl sites for hydroxylation is 2. The first kappa shape index (κ1) is 21.3. The van der Waals surface area contributed by atoms with Crippen LogP contribution < -0.4 is 19.7 Å². The fraction of sp³-hybridized carbons (Fsp3) is 0.364. The van der Waals surface area contributed by atoms with Gasteiger partial charge in [-0.15, -0.1) is 0 Å². The first-order valence-electron chi connectivity index (χ1n) is 9.18. The van der Waals surface area contributed by atoms with Gasteiger partial charge in [0.15, 0.2) is 11.5 Å². The van der Waals surface area contributed by atoms with Crippen LogP contribution in [0.1, 0.15) is 23.6 Å². The fourth-order valence-corrected chi connectivity index (χ4v) is 3.07. The summed E-state index contributed by atoms with van der Waals surface area (Å²) in [5.74, 6) is 0.958. The van der Waals surface area contributed by atoms with Crippen LogP contribution >= 0.6 is 0 Å². The largest absolute Gasteiger partial charge is 0.493 e. The highest BCUT2D eigenvalue weighted by Gasteiger charge is 2.16. The molecular formula is C22H28N2O4. The number of hydrogen-bond donors (Lipinski definition) is 1. The minimum atomic E-state index is -0.199. The zero-order valence-electron chi connectivity index (χ0n) is 17.2. The molecule has 0 heterocycles. The van der Waals surface area contributed by atoms with Crippen molar-refractivity contribution in [2.24, 2.45) is 0 Å². The number of methoxy groups -OCH3 is 2. The van der Waals surface area contributed by atoms with Crippen molar-refractivity contribution in [2.45, 2.75) is 27.2 Å². The average Bonchev–Trinajstić information content (AvgIpc) is 2.64. The summed E-state index contributed by atoms with van der Waals surface area (Å²) in [6, 6.07) is 11.5. The van der Waals surface area contributed by atoms with Crippen molar-refractivity contribution >= 4 is 17.5 Å². The van der Waals surface area contributed by atoms with Crippen molar-refractivity contribution < 1.29 is 19.1 Å². The number of amides is 2. The molecule has 6 heteroatoms. The molecule has 0 saturated heterocycles. The van der Waals surface area contributed by atoms with Crippen LogP contribution in [0.25, 0.3) is 0 Å². The van der Waals surface area contributed by atoms with Gasteiger partial charge in [-0.2, -0.15) is 0 Å². The first-order valence-corrected chi connectivity index (χ1v) is 9.18. The monoisotopic (exact) mass is 384 g/mol. The van der Waals surface area contributed by atoms with E-state index in [0.717, 1.165) is 22.4 Å². The van der Waals surface area contributed by atoms with Gasteiger partial charge in [0.1, 0.15) is 6.54 Å². The number of carbonyl (C=O) groups excluding carboxylic acids is 2. The molecule has 2 rings (SSSR count). The van der Waals surface area contributed by atoms with Crippen molar-refractivity contribution in [3.05, 3.63) is 53.1 Å². The number of carbonyl (C=O) groups is 2. The number of ether oxygens (including phenoxy) is 2. The molecule has 2 amide bonds. The molecule has 6 nitrogen and oxygen atoms in total. The third kappa shape index (κ3) is 5.74. The third-order valence-electron chi connectivity index (χ3n) is 4.38. The standard InChI is InChI=1S/C22H28N2O4/c1-15-10-16(2)12-19(11-15)24(17(3)25)14-22(26)23-9-8-18-6-7-20(27-4)21(13-18)28-5/h6-7,10-13H,8-9,14H2,1-5H3,(H,23,26). The predicted octanol–water partition coefficient (Wildman–Crippen LogP) is 3.03. The highest BCUT2D eigenvalue weighted by molar-refractivity contribution is 5.97. The lowest BCUT2D eigenvalue weighted by atomic mass is 10.1. The molecule has 28 heavy (non-hydrogen) atoms. The highest BCUT2D eigenvalue weighted by Crippen LogP contribution is 2.27. The van der Waals surface area contributed by atoms with E-state index in [2.05, 4.69) is 5.32 Å².